The zero-order valence-corrected chi connectivity index (χ0v) is 22.7. The van der Waals surface area contributed by atoms with E-state index < -0.39 is 9.84 Å². The van der Waals surface area contributed by atoms with Crippen molar-refractivity contribution < 1.29 is 27.0 Å². The highest BCUT2D eigenvalue weighted by Gasteiger charge is 2.29. The van der Waals surface area contributed by atoms with Gasteiger partial charge in [-0.3, -0.25) is 4.90 Å². The van der Waals surface area contributed by atoms with Crippen LogP contribution in [0.3, 0.4) is 0 Å². The van der Waals surface area contributed by atoms with E-state index in [4.69, 9.17) is 18.6 Å². The zero-order valence-electron chi connectivity index (χ0n) is 21.9. The van der Waals surface area contributed by atoms with Crippen LogP contribution in [0.5, 0.6) is 17.2 Å². The molecule has 0 aliphatic rings. The van der Waals surface area contributed by atoms with Crippen molar-refractivity contribution in [1.29, 1.82) is 0 Å². The van der Waals surface area contributed by atoms with Crippen LogP contribution >= 0.6 is 0 Å². The van der Waals surface area contributed by atoms with Gasteiger partial charge in [0.25, 0.3) is 0 Å². The monoisotopic (exact) mass is 523 g/mol. The topological polar surface area (TPSA) is 78.2 Å². The number of para-hydroxylation sites is 1. The average molecular weight is 524 g/mol. The summed E-state index contributed by atoms with van der Waals surface area (Å²) in [6.07, 6.45) is 0. The van der Waals surface area contributed by atoms with E-state index in [1.54, 1.807) is 50.6 Å². The fraction of sp³-hybridized carbons (Fsp3) is 0.310. The number of fused-ring (bicyclic) bond motifs is 1. The van der Waals surface area contributed by atoms with E-state index in [9.17, 15) is 8.42 Å². The lowest BCUT2D eigenvalue weighted by atomic mass is 10.1. The Hall–Kier alpha value is -3.49. The van der Waals surface area contributed by atoms with Crippen molar-refractivity contribution in [1.82, 2.24) is 4.90 Å². The van der Waals surface area contributed by atoms with E-state index in [1.165, 1.54) is 0 Å². The summed E-state index contributed by atoms with van der Waals surface area (Å²) in [5.74, 6) is 2.40. The Balaban J connectivity index is 1.41. The molecule has 1 heterocycles. The van der Waals surface area contributed by atoms with Crippen molar-refractivity contribution in [3.05, 3.63) is 78.1 Å². The van der Waals surface area contributed by atoms with E-state index >= 15 is 0 Å². The van der Waals surface area contributed by atoms with Gasteiger partial charge in [-0.2, -0.15) is 0 Å². The first kappa shape index (κ1) is 26.6. The largest absolute Gasteiger partial charge is 0.493 e. The highest BCUT2D eigenvalue weighted by atomic mass is 32.2. The Bertz CT molecular complexity index is 1460. The number of sulfone groups is 1. The molecule has 0 aliphatic heterocycles. The van der Waals surface area contributed by atoms with Crippen molar-refractivity contribution in [2.45, 2.75) is 36.1 Å². The third-order valence-electron chi connectivity index (χ3n) is 6.14. The third kappa shape index (κ3) is 5.76. The Morgan fingerprint density at radius 2 is 1.62 bits per heavy atom. The van der Waals surface area contributed by atoms with Crippen LogP contribution in [0, 0.1) is 0 Å². The predicted octanol–water partition coefficient (Wildman–Crippen LogP) is 5.92. The summed E-state index contributed by atoms with van der Waals surface area (Å²) >= 11 is 0. The molecule has 196 valence electrons. The van der Waals surface area contributed by atoms with Gasteiger partial charge in [-0.1, -0.05) is 32.0 Å². The lowest BCUT2D eigenvalue weighted by molar-refractivity contribution is 0.232. The number of ether oxygens (including phenoxy) is 3. The number of hydrogen-bond acceptors (Lipinski definition) is 7. The van der Waals surface area contributed by atoms with Crippen LogP contribution in [0.25, 0.3) is 11.0 Å². The molecule has 4 rings (SSSR count). The minimum absolute atomic E-state index is 0.0734. The molecule has 0 radical (unpaired) electrons. The van der Waals surface area contributed by atoms with Gasteiger partial charge in [0.2, 0.25) is 9.84 Å². The van der Waals surface area contributed by atoms with Crippen LogP contribution in [0.2, 0.25) is 0 Å². The first-order valence-electron chi connectivity index (χ1n) is 12.1. The second kappa shape index (κ2) is 11.3. The van der Waals surface area contributed by atoms with Gasteiger partial charge >= 0.3 is 0 Å². The van der Waals surface area contributed by atoms with Crippen LogP contribution in [0.15, 0.2) is 80.9 Å². The number of hydrogen-bond donors (Lipinski definition) is 0. The molecular formula is C29H33NO6S. The average Bonchev–Trinajstić information content (AvgIpc) is 3.30. The molecule has 0 saturated heterocycles. The summed E-state index contributed by atoms with van der Waals surface area (Å²) in [6.45, 7) is 5.72. The second-order valence-electron chi connectivity index (χ2n) is 9.20. The highest BCUT2D eigenvalue weighted by molar-refractivity contribution is 7.91. The fourth-order valence-electron chi connectivity index (χ4n) is 4.22. The predicted molar refractivity (Wildman–Crippen MR) is 144 cm³/mol. The first-order valence-corrected chi connectivity index (χ1v) is 13.6. The second-order valence-corrected chi connectivity index (χ2v) is 11.1. The van der Waals surface area contributed by atoms with E-state index in [-0.39, 0.29) is 15.7 Å². The molecule has 3 aromatic carbocycles. The maximum absolute atomic E-state index is 13.6. The number of rotatable bonds is 11. The number of methoxy groups -OCH3 is 2. The summed E-state index contributed by atoms with van der Waals surface area (Å²) in [7, 11) is 1.48. The molecule has 0 amide bonds. The normalized spacial score (nSPS) is 11.9. The van der Waals surface area contributed by atoms with Gasteiger partial charge < -0.3 is 18.6 Å². The summed E-state index contributed by atoms with van der Waals surface area (Å²) in [5.41, 5.74) is 1.67. The van der Waals surface area contributed by atoms with Gasteiger partial charge in [0.05, 0.1) is 19.1 Å². The molecule has 0 unspecified atom stereocenters. The van der Waals surface area contributed by atoms with Crippen LogP contribution < -0.4 is 14.2 Å². The summed E-state index contributed by atoms with van der Waals surface area (Å²) in [5, 5.41) is 0.601. The maximum atomic E-state index is 13.6. The van der Waals surface area contributed by atoms with Gasteiger partial charge in [0.15, 0.2) is 11.5 Å². The summed E-state index contributed by atoms with van der Waals surface area (Å²) < 4.78 is 49.6. The molecule has 37 heavy (non-hydrogen) atoms. The van der Waals surface area contributed by atoms with E-state index in [1.807, 2.05) is 51.2 Å². The number of benzene rings is 3. The molecule has 7 nitrogen and oxygen atoms in total. The van der Waals surface area contributed by atoms with Crippen molar-refractivity contribution in [3.63, 3.8) is 0 Å². The van der Waals surface area contributed by atoms with Crippen molar-refractivity contribution >= 4 is 20.8 Å². The van der Waals surface area contributed by atoms with Crippen LogP contribution in [0.4, 0.5) is 0 Å². The SMILES string of the molecule is COc1ccc(CN(C)CCOc2ccc(S(=O)(=O)c3c(C(C)C)oc4ccccc34)cc2)cc1OC. The Kier molecular flexibility index (Phi) is 8.10. The Morgan fingerprint density at radius 3 is 2.30 bits per heavy atom. The lowest BCUT2D eigenvalue weighted by Gasteiger charge is -2.18. The zero-order chi connectivity index (χ0) is 26.6. The number of nitrogens with zero attached hydrogens (tertiary/aromatic N) is 1. The first-order chi connectivity index (χ1) is 17.7. The Labute approximate surface area is 218 Å². The molecule has 0 spiro atoms. The van der Waals surface area contributed by atoms with Gasteiger partial charge in [-0.15, -0.1) is 0 Å². The minimum atomic E-state index is -3.77. The molecule has 1 aromatic heterocycles. The molecule has 0 aliphatic carbocycles. The van der Waals surface area contributed by atoms with Crippen molar-refractivity contribution in [2.75, 3.05) is 34.4 Å². The van der Waals surface area contributed by atoms with Crippen LogP contribution in [-0.4, -0.2) is 47.7 Å². The molecule has 0 atom stereocenters. The molecule has 0 bridgehead atoms. The number of likely N-dealkylation sites (N-methyl/N-ethyl adjacent to an activating group) is 1. The molecule has 4 aromatic rings. The summed E-state index contributed by atoms with van der Waals surface area (Å²) in [6, 6.07) is 19.7. The molecule has 0 fully saturated rings. The van der Waals surface area contributed by atoms with E-state index in [0.29, 0.717) is 47.1 Å². The number of furan rings is 1. The molecular weight excluding hydrogens is 490 g/mol. The van der Waals surface area contributed by atoms with Gasteiger partial charge in [-0.25, -0.2) is 8.42 Å². The van der Waals surface area contributed by atoms with Crippen LogP contribution in [0.1, 0.15) is 31.1 Å². The lowest BCUT2D eigenvalue weighted by Crippen LogP contribution is -2.23. The molecule has 8 heteroatoms. The highest BCUT2D eigenvalue weighted by Crippen LogP contribution is 2.37. The van der Waals surface area contributed by atoms with E-state index in [0.717, 1.165) is 12.1 Å². The smallest absolute Gasteiger partial charge is 0.210 e. The standard InChI is InChI=1S/C29H33NO6S/c1-20(2)28-29(24-8-6-7-9-25(24)36-28)37(31,32)23-13-11-22(12-14-23)35-17-16-30(3)19-21-10-15-26(33-4)27(18-21)34-5/h6-15,18,20H,16-17,19H2,1-5H3. The maximum Gasteiger partial charge on any atom is 0.210 e. The minimum Gasteiger partial charge on any atom is -0.493 e. The molecule has 0 N–H and O–H groups in total. The van der Waals surface area contributed by atoms with Gasteiger partial charge in [-0.05, 0) is 61.1 Å². The van der Waals surface area contributed by atoms with E-state index in [2.05, 4.69) is 4.90 Å². The Morgan fingerprint density at radius 1 is 0.919 bits per heavy atom. The quantitative estimate of drug-likeness (QED) is 0.242. The van der Waals surface area contributed by atoms with Gasteiger partial charge in [0.1, 0.15) is 28.6 Å². The fourth-order valence-corrected chi connectivity index (χ4v) is 5.95. The van der Waals surface area contributed by atoms with Crippen molar-refractivity contribution in [2.24, 2.45) is 0 Å². The van der Waals surface area contributed by atoms with Gasteiger partial charge in [0, 0.05) is 24.4 Å². The van der Waals surface area contributed by atoms with Crippen LogP contribution in [-0.2, 0) is 16.4 Å². The summed E-state index contributed by atoms with van der Waals surface area (Å²) in [4.78, 5) is 2.58. The third-order valence-corrected chi connectivity index (χ3v) is 8.00. The van der Waals surface area contributed by atoms with Crippen molar-refractivity contribution in [3.8, 4) is 17.2 Å². The molecule has 0 saturated carbocycles.